The molecule has 6 nitrogen and oxygen atoms in total. The molecule has 1 fully saturated rings. The summed E-state index contributed by atoms with van der Waals surface area (Å²) in [6.45, 7) is 3.08. The second-order valence-electron chi connectivity index (χ2n) is 5.42. The van der Waals surface area contributed by atoms with Crippen molar-refractivity contribution in [1.29, 1.82) is 0 Å². The fourth-order valence-electron chi connectivity index (χ4n) is 2.67. The molecule has 1 atom stereocenters. The molecule has 1 aromatic heterocycles. The Hall–Kier alpha value is -2.60. The Morgan fingerprint density at radius 2 is 2.00 bits per heavy atom. The lowest BCUT2D eigenvalue weighted by molar-refractivity contribution is -0.00895. The molecule has 1 saturated heterocycles. The molecule has 1 aromatic carbocycles. The number of carbonyl (C=O) groups excluding carboxylic acids is 1. The molecule has 23 heavy (non-hydrogen) atoms. The van der Waals surface area contributed by atoms with Gasteiger partial charge < -0.3 is 19.2 Å². The first-order chi connectivity index (χ1) is 11.1. The highest BCUT2D eigenvalue weighted by Gasteiger charge is 2.31. The topological polar surface area (TPSA) is 80.0 Å². The Kier molecular flexibility index (Phi) is 4.16. The fraction of sp³-hybridized carbons (Fsp3) is 0.294. The minimum atomic E-state index is -1.06. The molecule has 0 unspecified atom stereocenters. The fourth-order valence-corrected chi connectivity index (χ4v) is 2.67. The first kappa shape index (κ1) is 15.3. The predicted octanol–water partition coefficient (Wildman–Crippen LogP) is 2.50. The van der Waals surface area contributed by atoms with E-state index in [0.717, 1.165) is 5.76 Å². The zero-order valence-corrected chi connectivity index (χ0v) is 12.7. The van der Waals surface area contributed by atoms with Gasteiger partial charge >= 0.3 is 5.97 Å². The van der Waals surface area contributed by atoms with Crippen molar-refractivity contribution in [2.45, 2.75) is 13.0 Å². The Balaban J connectivity index is 1.89. The summed E-state index contributed by atoms with van der Waals surface area (Å²) in [6.07, 6.45) is 0. The summed E-state index contributed by atoms with van der Waals surface area (Å²) < 4.78 is 11.1. The van der Waals surface area contributed by atoms with Crippen LogP contribution in [0.1, 0.15) is 38.3 Å². The molecule has 1 aliphatic rings. The normalized spacial score (nSPS) is 18.0. The van der Waals surface area contributed by atoms with Crippen LogP contribution >= 0.6 is 0 Å². The smallest absolute Gasteiger partial charge is 0.335 e. The molecule has 0 saturated carbocycles. The van der Waals surface area contributed by atoms with Gasteiger partial charge in [-0.2, -0.15) is 0 Å². The van der Waals surface area contributed by atoms with Gasteiger partial charge in [-0.15, -0.1) is 0 Å². The van der Waals surface area contributed by atoms with Crippen LogP contribution < -0.4 is 0 Å². The van der Waals surface area contributed by atoms with E-state index < -0.39 is 5.97 Å². The SMILES string of the molecule is Cc1ccc([C@@H]2COCCN2C(=O)c2cccc(C(=O)O)c2)o1. The number of furan rings is 1. The van der Waals surface area contributed by atoms with Gasteiger partial charge in [0.05, 0.1) is 18.8 Å². The summed E-state index contributed by atoms with van der Waals surface area (Å²) in [6, 6.07) is 9.42. The largest absolute Gasteiger partial charge is 0.478 e. The molecule has 0 bridgehead atoms. The number of morpholine rings is 1. The molecular weight excluding hydrogens is 298 g/mol. The third-order valence-corrected chi connectivity index (χ3v) is 3.84. The van der Waals surface area contributed by atoms with Crippen LogP contribution in [-0.4, -0.2) is 41.6 Å². The number of amides is 1. The van der Waals surface area contributed by atoms with Crippen molar-refractivity contribution in [3.63, 3.8) is 0 Å². The zero-order chi connectivity index (χ0) is 16.4. The van der Waals surface area contributed by atoms with Crippen molar-refractivity contribution < 1.29 is 23.8 Å². The van der Waals surface area contributed by atoms with Crippen molar-refractivity contribution in [3.05, 3.63) is 59.0 Å². The Labute approximate surface area is 133 Å². The van der Waals surface area contributed by atoms with E-state index in [1.54, 1.807) is 17.0 Å². The van der Waals surface area contributed by atoms with Gasteiger partial charge in [0.2, 0.25) is 0 Å². The molecular formula is C17H17NO5. The van der Waals surface area contributed by atoms with Crippen LogP contribution in [0.3, 0.4) is 0 Å². The summed E-state index contributed by atoms with van der Waals surface area (Å²) in [5, 5.41) is 9.07. The number of nitrogens with zero attached hydrogens (tertiary/aromatic N) is 1. The predicted molar refractivity (Wildman–Crippen MR) is 81.4 cm³/mol. The second-order valence-corrected chi connectivity index (χ2v) is 5.42. The molecule has 0 radical (unpaired) electrons. The molecule has 120 valence electrons. The van der Waals surface area contributed by atoms with Crippen LogP contribution in [0.2, 0.25) is 0 Å². The lowest BCUT2D eigenvalue weighted by atomic mass is 10.1. The van der Waals surface area contributed by atoms with Gasteiger partial charge in [-0.1, -0.05) is 6.07 Å². The van der Waals surface area contributed by atoms with Crippen molar-refractivity contribution in [2.75, 3.05) is 19.8 Å². The number of carboxylic acid groups (broad SMARTS) is 1. The third kappa shape index (κ3) is 3.12. The number of aromatic carboxylic acids is 1. The molecule has 0 spiro atoms. The highest BCUT2D eigenvalue weighted by molar-refractivity contribution is 5.97. The van der Waals surface area contributed by atoms with E-state index in [4.69, 9.17) is 14.3 Å². The first-order valence-corrected chi connectivity index (χ1v) is 7.34. The van der Waals surface area contributed by atoms with E-state index in [9.17, 15) is 9.59 Å². The molecule has 2 heterocycles. The van der Waals surface area contributed by atoms with E-state index in [0.29, 0.717) is 31.1 Å². The van der Waals surface area contributed by atoms with Gasteiger partial charge in [0.1, 0.15) is 17.6 Å². The summed E-state index contributed by atoms with van der Waals surface area (Å²) in [5.41, 5.74) is 0.439. The minimum absolute atomic E-state index is 0.0921. The minimum Gasteiger partial charge on any atom is -0.478 e. The lowest BCUT2D eigenvalue weighted by Gasteiger charge is -2.34. The van der Waals surface area contributed by atoms with Crippen LogP contribution in [0.5, 0.6) is 0 Å². The highest BCUT2D eigenvalue weighted by atomic mass is 16.5. The van der Waals surface area contributed by atoms with Crippen molar-refractivity contribution >= 4 is 11.9 Å². The van der Waals surface area contributed by atoms with Crippen LogP contribution in [0.25, 0.3) is 0 Å². The van der Waals surface area contributed by atoms with Crippen molar-refractivity contribution in [3.8, 4) is 0 Å². The van der Waals surface area contributed by atoms with Gasteiger partial charge in [0, 0.05) is 12.1 Å². The van der Waals surface area contributed by atoms with E-state index in [2.05, 4.69) is 0 Å². The Morgan fingerprint density at radius 3 is 2.70 bits per heavy atom. The zero-order valence-electron chi connectivity index (χ0n) is 12.7. The number of hydrogen-bond donors (Lipinski definition) is 1. The van der Waals surface area contributed by atoms with Gasteiger partial charge in [-0.05, 0) is 37.3 Å². The van der Waals surface area contributed by atoms with Gasteiger partial charge in [-0.3, -0.25) is 4.79 Å². The van der Waals surface area contributed by atoms with Gasteiger partial charge in [0.25, 0.3) is 5.91 Å². The molecule has 3 rings (SSSR count). The number of hydrogen-bond acceptors (Lipinski definition) is 4. The Morgan fingerprint density at radius 1 is 1.22 bits per heavy atom. The molecule has 0 aliphatic carbocycles. The Bertz CT molecular complexity index is 736. The van der Waals surface area contributed by atoms with E-state index in [-0.39, 0.29) is 17.5 Å². The summed E-state index contributed by atoms with van der Waals surface area (Å²) in [7, 11) is 0. The van der Waals surface area contributed by atoms with E-state index >= 15 is 0 Å². The van der Waals surface area contributed by atoms with Gasteiger partial charge in [0.15, 0.2) is 0 Å². The number of ether oxygens (including phenoxy) is 1. The monoisotopic (exact) mass is 315 g/mol. The maximum Gasteiger partial charge on any atom is 0.335 e. The first-order valence-electron chi connectivity index (χ1n) is 7.34. The van der Waals surface area contributed by atoms with Crippen molar-refractivity contribution in [2.24, 2.45) is 0 Å². The van der Waals surface area contributed by atoms with Crippen LogP contribution in [-0.2, 0) is 4.74 Å². The maximum atomic E-state index is 12.8. The summed E-state index contributed by atoms with van der Waals surface area (Å²) in [5.74, 6) is 0.158. The second kappa shape index (κ2) is 6.26. The molecule has 2 aromatic rings. The standard InChI is InChI=1S/C17H17NO5/c1-11-5-6-15(23-11)14-10-22-8-7-18(14)16(19)12-3-2-4-13(9-12)17(20)21/h2-6,9,14H,7-8,10H2,1H3,(H,20,21)/t14-/m0/s1. The highest BCUT2D eigenvalue weighted by Crippen LogP contribution is 2.27. The average molecular weight is 315 g/mol. The lowest BCUT2D eigenvalue weighted by Crippen LogP contribution is -2.43. The van der Waals surface area contributed by atoms with Crippen LogP contribution in [0.15, 0.2) is 40.8 Å². The van der Waals surface area contributed by atoms with Crippen molar-refractivity contribution in [1.82, 2.24) is 4.90 Å². The van der Waals surface area contributed by atoms with Crippen LogP contribution in [0, 0.1) is 6.92 Å². The van der Waals surface area contributed by atoms with E-state index in [1.165, 1.54) is 12.1 Å². The third-order valence-electron chi connectivity index (χ3n) is 3.84. The number of benzene rings is 1. The van der Waals surface area contributed by atoms with Gasteiger partial charge in [-0.25, -0.2) is 4.79 Å². The quantitative estimate of drug-likeness (QED) is 0.941. The number of rotatable bonds is 3. The summed E-state index contributed by atoms with van der Waals surface area (Å²) >= 11 is 0. The average Bonchev–Trinajstić information content (AvgIpc) is 3.00. The number of carboxylic acids is 1. The molecule has 1 aliphatic heterocycles. The maximum absolute atomic E-state index is 12.8. The number of aryl methyl sites for hydroxylation is 1. The van der Waals surface area contributed by atoms with E-state index in [1.807, 2.05) is 19.1 Å². The summed E-state index contributed by atoms with van der Waals surface area (Å²) in [4.78, 5) is 25.6. The molecule has 1 amide bonds. The molecule has 1 N–H and O–H groups in total. The number of carbonyl (C=O) groups is 2. The molecule has 6 heteroatoms. The van der Waals surface area contributed by atoms with Crippen LogP contribution in [0.4, 0.5) is 0 Å².